The van der Waals surface area contributed by atoms with Crippen LogP contribution >= 0.6 is 0 Å². The Labute approximate surface area is 145 Å². The van der Waals surface area contributed by atoms with Crippen LogP contribution in [0.2, 0.25) is 6.82 Å². The molecule has 0 aliphatic carbocycles. The van der Waals surface area contributed by atoms with Crippen LogP contribution in [0, 0.1) is 0 Å². The molecule has 2 aromatic carbocycles. The summed E-state index contributed by atoms with van der Waals surface area (Å²) >= 11 is 0. The minimum atomic E-state index is -0.737. The molecule has 0 saturated carbocycles. The summed E-state index contributed by atoms with van der Waals surface area (Å²) in [5.74, 6) is 1.01. The molecule has 0 saturated heterocycles. The Morgan fingerprint density at radius 1 is 1.24 bits per heavy atom. The molecule has 0 spiro atoms. The Hall–Kier alpha value is -2.84. The van der Waals surface area contributed by atoms with Crippen molar-refractivity contribution in [3.63, 3.8) is 0 Å². The number of nitrogens with one attached hydrogen (secondary N) is 3. The molecule has 1 heterocycles. The van der Waals surface area contributed by atoms with Gasteiger partial charge >= 0.3 is 7.05 Å². The fraction of sp³-hybridized carbons (Fsp3) is 0.176. The van der Waals surface area contributed by atoms with E-state index in [1.165, 1.54) is 0 Å². The van der Waals surface area contributed by atoms with Crippen molar-refractivity contribution >= 4 is 30.2 Å². The zero-order valence-corrected chi connectivity index (χ0v) is 13.7. The van der Waals surface area contributed by atoms with Gasteiger partial charge in [0.05, 0.1) is 13.0 Å². The second-order valence-corrected chi connectivity index (χ2v) is 5.78. The lowest BCUT2D eigenvalue weighted by atomic mass is 9.89. The lowest BCUT2D eigenvalue weighted by Crippen LogP contribution is -2.37. The molecule has 0 atom stereocenters. The number of anilines is 2. The van der Waals surface area contributed by atoms with E-state index in [1.807, 2.05) is 12.1 Å². The molecule has 128 valence electrons. The Kier molecular flexibility index (Phi) is 5.01. The van der Waals surface area contributed by atoms with Gasteiger partial charge in [0.25, 0.3) is 0 Å². The molecule has 1 aliphatic rings. The molecule has 25 heavy (non-hydrogen) atoms. The minimum absolute atomic E-state index is 0.0164. The first-order valence-corrected chi connectivity index (χ1v) is 7.91. The van der Waals surface area contributed by atoms with Crippen LogP contribution in [0.15, 0.2) is 42.5 Å². The van der Waals surface area contributed by atoms with Gasteiger partial charge in [-0.05, 0) is 54.9 Å². The molecule has 0 unspecified atom stereocenters. The molecule has 0 aromatic heterocycles. The Bertz CT molecular complexity index is 793. The van der Waals surface area contributed by atoms with E-state index in [9.17, 15) is 9.59 Å². The van der Waals surface area contributed by atoms with Crippen molar-refractivity contribution in [2.45, 2.75) is 13.2 Å². The molecular formula is C17H18BN3O4. The number of hydrogen-bond acceptors (Lipinski definition) is 5. The van der Waals surface area contributed by atoms with Crippen LogP contribution in [-0.2, 0) is 16.0 Å². The highest BCUT2D eigenvalue weighted by molar-refractivity contribution is 6.45. The van der Waals surface area contributed by atoms with Gasteiger partial charge in [0.15, 0.2) is 0 Å². The summed E-state index contributed by atoms with van der Waals surface area (Å²) in [5.41, 5.74) is 2.37. The number of fused-ring (bicyclic) bond motifs is 1. The second kappa shape index (κ2) is 7.37. The van der Waals surface area contributed by atoms with Crippen molar-refractivity contribution in [3.05, 3.63) is 48.0 Å². The molecule has 0 bridgehead atoms. The zero-order chi connectivity index (χ0) is 17.8. The average molecular weight is 339 g/mol. The molecule has 4 N–H and O–H groups in total. The van der Waals surface area contributed by atoms with Crippen molar-refractivity contribution in [2.75, 3.05) is 17.2 Å². The minimum Gasteiger partial charge on any atom is -0.457 e. The SMILES string of the molecule is CB(O)NCC(=O)Nc1ccc(Oc2ccc3c(c2)CC(=O)N3)cc1. The van der Waals surface area contributed by atoms with Gasteiger partial charge in [-0.3, -0.25) is 9.59 Å². The van der Waals surface area contributed by atoms with Crippen molar-refractivity contribution in [1.82, 2.24) is 5.23 Å². The van der Waals surface area contributed by atoms with Crippen LogP contribution < -0.4 is 20.6 Å². The number of carbonyl (C=O) groups excluding carboxylic acids is 2. The van der Waals surface area contributed by atoms with Gasteiger partial charge < -0.3 is 25.6 Å². The van der Waals surface area contributed by atoms with Gasteiger partial charge in [-0.15, -0.1) is 0 Å². The van der Waals surface area contributed by atoms with Crippen molar-refractivity contribution in [1.29, 1.82) is 0 Å². The standard InChI is InChI=1S/C17H18BN3O4/c1-18(24)19-10-17(23)20-12-2-4-13(5-3-12)25-14-6-7-15-11(8-14)9-16(22)21-15/h2-8,19,24H,9-10H2,1H3,(H,20,23)(H,21,22). The highest BCUT2D eigenvalue weighted by atomic mass is 16.5. The van der Waals surface area contributed by atoms with E-state index in [-0.39, 0.29) is 18.4 Å². The Balaban J connectivity index is 1.59. The second-order valence-electron chi connectivity index (χ2n) is 5.78. The first-order valence-electron chi connectivity index (χ1n) is 7.91. The molecule has 0 fully saturated rings. The maximum Gasteiger partial charge on any atom is 0.374 e. The van der Waals surface area contributed by atoms with E-state index in [1.54, 1.807) is 37.2 Å². The van der Waals surface area contributed by atoms with Crippen LogP contribution in [-0.4, -0.2) is 30.4 Å². The fourth-order valence-electron chi connectivity index (χ4n) is 2.46. The third-order valence-corrected chi connectivity index (χ3v) is 3.63. The summed E-state index contributed by atoms with van der Waals surface area (Å²) < 4.78 is 5.78. The molecule has 3 rings (SSSR count). The number of ether oxygens (including phenoxy) is 1. The summed E-state index contributed by atoms with van der Waals surface area (Å²) in [6, 6.07) is 12.4. The van der Waals surface area contributed by atoms with Gasteiger partial charge in [-0.2, -0.15) is 0 Å². The highest BCUT2D eigenvalue weighted by Gasteiger charge is 2.17. The number of benzene rings is 2. The first kappa shape index (κ1) is 17.0. The normalized spacial score (nSPS) is 12.3. The topological polar surface area (TPSA) is 99.7 Å². The van der Waals surface area contributed by atoms with Crippen molar-refractivity contribution in [3.8, 4) is 11.5 Å². The van der Waals surface area contributed by atoms with Crippen LogP contribution in [0.4, 0.5) is 11.4 Å². The van der Waals surface area contributed by atoms with E-state index < -0.39 is 7.05 Å². The average Bonchev–Trinajstić information content (AvgIpc) is 2.94. The fourth-order valence-corrected chi connectivity index (χ4v) is 2.46. The van der Waals surface area contributed by atoms with Crippen LogP contribution in [0.1, 0.15) is 5.56 Å². The third kappa shape index (κ3) is 4.59. The number of amides is 2. The molecule has 2 aromatic rings. The maximum atomic E-state index is 11.7. The lowest BCUT2D eigenvalue weighted by molar-refractivity contribution is -0.116. The molecule has 2 amide bonds. The van der Waals surface area contributed by atoms with Gasteiger partial charge in [0.1, 0.15) is 11.5 Å². The summed E-state index contributed by atoms with van der Waals surface area (Å²) in [6.45, 7) is 1.57. The van der Waals surface area contributed by atoms with Crippen LogP contribution in [0.5, 0.6) is 11.5 Å². The summed E-state index contributed by atoms with van der Waals surface area (Å²) in [4.78, 5) is 23.1. The van der Waals surface area contributed by atoms with E-state index >= 15 is 0 Å². The van der Waals surface area contributed by atoms with Crippen LogP contribution in [0.3, 0.4) is 0 Å². The Morgan fingerprint density at radius 2 is 1.96 bits per heavy atom. The third-order valence-electron chi connectivity index (χ3n) is 3.63. The van der Waals surface area contributed by atoms with E-state index in [4.69, 9.17) is 9.76 Å². The van der Waals surface area contributed by atoms with Crippen molar-refractivity contribution in [2.24, 2.45) is 0 Å². The number of carbonyl (C=O) groups is 2. The first-order chi connectivity index (χ1) is 12.0. The quantitative estimate of drug-likeness (QED) is 0.599. The number of rotatable bonds is 6. The van der Waals surface area contributed by atoms with Gasteiger partial charge in [-0.1, -0.05) is 0 Å². The van der Waals surface area contributed by atoms with E-state index in [2.05, 4.69) is 15.9 Å². The molecular weight excluding hydrogens is 321 g/mol. The zero-order valence-electron chi connectivity index (χ0n) is 13.7. The predicted molar refractivity (Wildman–Crippen MR) is 95.8 cm³/mol. The lowest BCUT2D eigenvalue weighted by Gasteiger charge is -2.09. The monoisotopic (exact) mass is 339 g/mol. The summed E-state index contributed by atoms with van der Waals surface area (Å²) in [6.07, 6.45) is 0.359. The number of hydrogen-bond donors (Lipinski definition) is 4. The van der Waals surface area contributed by atoms with E-state index in [0.29, 0.717) is 23.6 Å². The summed E-state index contributed by atoms with van der Waals surface area (Å²) in [7, 11) is -0.737. The largest absolute Gasteiger partial charge is 0.457 e. The Morgan fingerprint density at radius 3 is 2.68 bits per heavy atom. The molecule has 1 aliphatic heterocycles. The van der Waals surface area contributed by atoms with Crippen LogP contribution in [0.25, 0.3) is 0 Å². The smallest absolute Gasteiger partial charge is 0.374 e. The van der Waals surface area contributed by atoms with Gasteiger partial charge in [0, 0.05) is 11.4 Å². The highest BCUT2D eigenvalue weighted by Crippen LogP contribution is 2.30. The van der Waals surface area contributed by atoms with E-state index in [0.717, 1.165) is 11.3 Å². The molecule has 0 radical (unpaired) electrons. The maximum absolute atomic E-state index is 11.7. The van der Waals surface area contributed by atoms with Gasteiger partial charge in [-0.25, -0.2) is 0 Å². The van der Waals surface area contributed by atoms with Crippen molar-refractivity contribution < 1.29 is 19.3 Å². The van der Waals surface area contributed by atoms with Gasteiger partial charge in [0.2, 0.25) is 11.8 Å². The molecule has 7 nitrogen and oxygen atoms in total. The predicted octanol–water partition coefficient (Wildman–Crippen LogP) is 1.61. The summed E-state index contributed by atoms with van der Waals surface area (Å²) in [5, 5.41) is 17.2. The molecule has 8 heteroatoms.